The van der Waals surface area contributed by atoms with Gasteiger partial charge in [0.1, 0.15) is 5.82 Å². The van der Waals surface area contributed by atoms with E-state index in [1.54, 1.807) is 13.2 Å². The van der Waals surface area contributed by atoms with Crippen LogP contribution in [0.3, 0.4) is 0 Å². The fraction of sp³-hybridized carbons (Fsp3) is 0.385. The number of carbonyl (C=O) groups is 2. The number of anilines is 3. The molecule has 190 valence electrons. The van der Waals surface area contributed by atoms with Gasteiger partial charge in [-0.2, -0.15) is 5.10 Å². The number of nitrogens with zero attached hydrogens (tertiary/aromatic N) is 5. The normalized spacial score (nSPS) is 13.7. The zero-order chi connectivity index (χ0) is 26.0. The number of halogens is 2. The van der Waals surface area contributed by atoms with Gasteiger partial charge in [0.2, 0.25) is 5.91 Å². The monoisotopic (exact) mass is 512 g/mol. The maximum absolute atomic E-state index is 14.5. The van der Waals surface area contributed by atoms with Crippen LogP contribution in [0.1, 0.15) is 56.4 Å². The quantitative estimate of drug-likeness (QED) is 0.468. The summed E-state index contributed by atoms with van der Waals surface area (Å²) in [5, 5.41) is 7.32. The van der Waals surface area contributed by atoms with E-state index in [4.69, 9.17) is 11.6 Å². The van der Waals surface area contributed by atoms with Gasteiger partial charge in [-0.15, -0.1) is 0 Å². The van der Waals surface area contributed by atoms with E-state index in [1.165, 1.54) is 30.0 Å². The molecule has 0 bridgehead atoms. The number of piperidine rings is 1. The predicted octanol–water partition coefficient (Wildman–Crippen LogP) is 5.54. The van der Waals surface area contributed by atoms with Crippen LogP contribution >= 0.6 is 11.6 Å². The first-order valence-corrected chi connectivity index (χ1v) is 12.4. The largest absolute Gasteiger partial charge is 0.369 e. The third-order valence-electron chi connectivity index (χ3n) is 6.17. The first-order chi connectivity index (χ1) is 17.2. The van der Waals surface area contributed by atoms with Gasteiger partial charge in [0.15, 0.2) is 11.6 Å². The highest BCUT2D eigenvalue weighted by Gasteiger charge is 2.27. The average molecular weight is 513 g/mol. The number of benzene rings is 1. The molecule has 2 aromatic heterocycles. The van der Waals surface area contributed by atoms with Gasteiger partial charge in [0.25, 0.3) is 5.91 Å². The summed E-state index contributed by atoms with van der Waals surface area (Å²) in [5.41, 5.74) is 2.17. The molecule has 0 atom stereocenters. The SMILES string of the molecule is CC(=O)Nc1cc(-c2cnc(N(C)C(=O)c3c(F)cccc3Cl)c(N3CCCCC3)c2)n(C(C)C)n1. The highest BCUT2D eigenvalue weighted by Crippen LogP contribution is 2.36. The Balaban J connectivity index is 1.80. The molecular formula is C26H30ClFN6O2. The van der Waals surface area contributed by atoms with E-state index in [0.717, 1.165) is 49.3 Å². The van der Waals surface area contributed by atoms with Crippen LogP contribution in [0, 0.1) is 5.82 Å². The molecule has 1 saturated heterocycles. The molecule has 3 heterocycles. The third-order valence-corrected chi connectivity index (χ3v) is 6.48. The molecule has 8 nitrogen and oxygen atoms in total. The lowest BCUT2D eigenvalue weighted by Crippen LogP contribution is -2.34. The zero-order valence-electron chi connectivity index (χ0n) is 20.9. The molecule has 4 rings (SSSR count). The molecule has 1 N–H and O–H groups in total. The smallest absolute Gasteiger partial charge is 0.263 e. The number of hydrogen-bond donors (Lipinski definition) is 1. The third kappa shape index (κ3) is 5.21. The molecule has 3 aromatic rings. The summed E-state index contributed by atoms with van der Waals surface area (Å²) in [5.74, 6) is -0.582. The molecule has 36 heavy (non-hydrogen) atoms. The Morgan fingerprint density at radius 1 is 1.17 bits per heavy atom. The van der Waals surface area contributed by atoms with E-state index in [9.17, 15) is 14.0 Å². The highest BCUT2D eigenvalue weighted by molar-refractivity contribution is 6.34. The minimum atomic E-state index is -0.679. The molecule has 2 amide bonds. The van der Waals surface area contributed by atoms with Crippen LogP contribution in [0.2, 0.25) is 5.02 Å². The Hall–Kier alpha value is -3.46. The van der Waals surface area contributed by atoms with Crippen LogP contribution in [-0.4, -0.2) is 46.7 Å². The number of nitrogens with one attached hydrogen (secondary N) is 1. The van der Waals surface area contributed by atoms with Crippen molar-refractivity contribution in [3.63, 3.8) is 0 Å². The second-order valence-electron chi connectivity index (χ2n) is 9.21. The molecule has 1 aliphatic rings. The fourth-order valence-corrected chi connectivity index (χ4v) is 4.67. The molecule has 1 aromatic carbocycles. The number of amides is 2. The van der Waals surface area contributed by atoms with Gasteiger partial charge in [0, 0.05) is 50.9 Å². The first-order valence-electron chi connectivity index (χ1n) is 12.0. The summed E-state index contributed by atoms with van der Waals surface area (Å²) in [7, 11) is 1.58. The number of pyridine rings is 1. The van der Waals surface area contributed by atoms with Crippen molar-refractivity contribution in [2.24, 2.45) is 0 Å². The predicted molar refractivity (Wildman–Crippen MR) is 140 cm³/mol. The molecule has 10 heteroatoms. The van der Waals surface area contributed by atoms with Crippen molar-refractivity contribution in [1.82, 2.24) is 14.8 Å². The number of carbonyl (C=O) groups excluding carboxylic acids is 2. The summed E-state index contributed by atoms with van der Waals surface area (Å²) < 4.78 is 16.4. The molecule has 0 unspecified atom stereocenters. The Labute approximate surface area is 215 Å². The second kappa shape index (κ2) is 10.7. The van der Waals surface area contributed by atoms with Gasteiger partial charge in [-0.1, -0.05) is 17.7 Å². The molecule has 0 saturated carbocycles. The van der Waals surface area contributed by atoms with Crippen LogP contribution < -0.4 is 15.1 Å². The maximum Gasteiger partial charge on any atom is 0.263 e. The minimum absolute atomic E-state index is 0.0353. The van der Waals surface area contributed by atoms with Crippen molar-refractivity contribution in [2.75, 3.05) is 35.3 Å². The Morgan fingerprint density at radius 3 is 2.53 bits per heavy atom. The van der Waals surface area contributed by atoms with E-state index in [2.05, 4.69) is 20.3 Å². The standard InChI is InChI=1S/C26H30ClFN6O2/c1-16(2)34-21(14-23(31-34)30-17(3)35)18-13-22(33-11-6-5-7-12-33)25(29-15-18)32(4)26(36)24-19(27)9-8-10-20(24)28/h8-10,13-16H,5-7,11-12H2,1-4H3,(H,30,31,35). The highest BCUT2D eigenvalue weighted by atomic mass is 35.5. The van der Waals surface area contributed by atoms with Crippen LogP contribution in [0.25, 0.3) is 11.3 Å². The summed E-state index contributed by atoms with van der Waals surface area (Å²) in [6.45, 7) is 7.09. The summed E-state index contributed by atoms with van der Waals surface area (Å²) >= 11 is 6.18. The minimum Gasteiger partial charge on any atom is -0.369 e. The molecule has 0 spiro atoms. The van der Waals surface area contributed by atoms with Crippen molar-refractivity contribution in [2.45, 2.75) is 46.1 Å². The summed E-state index contributed by atoms with van der Waals surface area (Å²) in [4.78, 5) is 33.1. The molecule has 0 radical (unpaired) electrons. The fourth-order valence-electron chi connectivity index (χ4n) is 4.42. The van der Waals surface area contributed by atoms with Crippen LogP contribution in [0.4, 0.5) is 21.7 Å². The molecule has 1 fully saturated rings. The lowest BCUT2D eigenvalue weighted by atomic mass is 10.1. The van der Waals surface area contributed by atoms with Crippen molar-refractivity contribution in [3.8, 4) is 11.3 Å². The van der Waals surface area contributed by atoms with Crippen LogP contribution in [0.5, 0.6) is 0 Å². The van der Waals surface area contributed by atoms with Crippen LogP contribution in [0.15, 0.2) is 36.5 Å². The van der Waals surface area contributed by atoms with Gasteiger partial charge in [-0.25, -0.2) is 9.37 Å². The van der Waals surface area contributed by atoms with Crippen molar-refractivity contribution >= 4 is 40.7 Å². The first kappa shape index (κ1) is 25.6. The van der Waals surface area contributed by atoms with Gasteiger partial charge in [0.05, 0.1) is 22.0 Å². The van der Waals surface area contributed by atoms with E-state index < -0.39 is 11.7 Å². The molecule has 0 aliphatic carbocycles. The van der Waals surface area contributed by atoms with Gasteiger partial charge >= 0.3 is 0 Å². The number of hydrogen-bond acceptors (Lipinski definition) is 5. The number of rotatable bonds is 6. The Kier molecular flexibility index (Phi) is 7.59. The van der Waals surface area contributed by atoms with Crippen molar-refractivity contribution < 1.29 is 14.0 Å². The number of aromatic nitrogens is 3. The second-order valence-corrected chi connectivity index (χ2v) is 9.62. The van der Waals surface area contributed by atoms with Gasteiger partial charge in [-0.3, -0.25) is 19.2 Å². The lowest BCUT2D eigenvalue weighted by molar-refractivity contribution is -0.114. The van der Waals surface area contributed by atoms with E-state index in [0.29, 0.717) is 11.6 Å². The average Bonchev–Trinajstić information content (AvgIpc) is 3.27. The summed E-state index contributed by atoms with van der Waals surface area (Å²) in [6.07, 6.45) is 4.86. The van der Waals surface area contributed by atoms with Crippen LogP contribution in [-0.2, 0) is 4.79 Å². The molecular weight excluding hydrogens is 483 g/mol. The maximum atomic E-state index is 14.5. The zero-order valence-corrected chi connectivity index (χ0v) is 21.6. The Bertz CT molecular complexity index is 1270. The van der Waals surface area contributed by atoms with Crippen molar-refractivity contribution in [1.29, 1.82) is 0 Å². The van der Waals surface area contributed by atoms with Gasteiger partial charge in [-0.05, 0) is 51.3 Å². The summed E-state index contributed by atoms with van der Waals surface area (Å²) in [6, 6.07) is 8.00. The van der Waals surface area contributed by atoms with Gasteiger partial charge < -0.3 is 10.2 Å². The van der Waals surface area contributed by atoms with E-state index >= 15 is 0 Å². The lowest BCUT2D eigenvalue weighted by Gasteiger charge is -2.32. The van der Waals surface area contributed by atoms with E-state index in [-0.39, 0.29) is 22.5 Å². The van der Waals surface area contributed by atoms with E-state index in [1.807, 2.05) is 30.7 Å². The molecule has 1 aliphatic heterocycles. The topological polar surface area (TPSA) is 83.4 Å². The Morgan fingerprint density at radius 2 is 1.89 bits per heavy atom. The van der Waals surface area contributed by atoms with Crippen molar-refractivity contribution in [3.05, 3.63) is 52.9 Å².